The Morgan fingerprint density at radius 2 is 2.43 bits per heavy atom. The Bertz CT molecular complexity index is 73.3. The van der Waals surface area contributed by atoms with Crippen molar-refractivity contribution in [1.29, 1.82) is 5.41 Å². The highest BCUT2D eigenvalue weighted by Gasteiger charge is 1.78. The van der Waals surface area contributed by atoms with Crippen LogP contribution in [0.25, 0.3) is 0 Å². The van der Waals surface area contributed by atoms with Gasteiger partial charge in [-0.3, -0.25) is 10.2 Å². The van der Waals surface area contributed by atoms with E-state index in [0.717, 1.165) is 6.20 Å². The molecule has 0 aliphatic rings. The second kappa shape index (κ2) is 3.32. The van der Waals surface area contributed by atoms with Gasteiger partial charge in [0.05, 0.1) is 0 Å². The van der Waals surface area contributed by atoms with Crippen LogP contribution in [0.4, 0.5) is 0 Å². The van der Waals surface area contributed by atoms with Crippen LogP contribution in [0.5, 0.6) is 0 Å². The molecular formula is C3H6N2O2. The summed E-state index contributed by atoms with van der Waals surface area (Å²) in [6, 6.07) is 0. The van der Waals surface area contributed by atoms with Gasteiger partial charge >= 0.3 is 0 Å². The van der Waals surface area contributed by atoms with E-state index < -0.39 is 5.23 Å². The van der Waals surface area contributed by atoms with Crippen molar-refractivity contribution >= 4 is 6.40 Å². The molecule has 0 aromatic rings. The maximum absolute atomic E-state index is 9.92. The van der Waals surface area contributed by atoms with Crippen molar-refractivity contribution < 1.29 is 10.1 Å². The molecule has 0 heterocycles. The third kappa shape index (κ3) is 2.95. The molecule has 0 fully saturated rings. The normalized spacial score (nSPS) is 12.1. The van der Waals surface area contributed by atoms with Crippen LogP contribution in [0.15, 0.2) is 12.8 Å². The minimum Gasteiger partial charge on any atom is -0.586 e. The van der Waals surface area contributed by atoms with Crippen LogP contribution in [0.1, 0.15) is 0 Å². The molecule has 0 saturated heterocycles. The van der Waals surface area contributed by atoms with Gasteiger partial charge in [-0.1, -0.05) is 0 Å². The van der Waals surface area contributed by atoms with Gasteiger partial charge in [0.15, 0.2) is 0 Å². The molecule has 2 N–H and O–H groups in total. The molecule has 0 aromatic carbocycles. The fourth-order valence-electron chi connectivity index (χ4n) is 0.106. The zero-order chi connectivity index (χ0) is 5.70. The minimum atomic E-state index is -0.602. The van der Waals surface area contributed by atoms with Gasteiger partial charge in [0, 0.05) is 0 Å². The molecule has 0 aliphatic carbocycles. The van der Waals surface area contributed by atoms with Gasteiger partial charge in [-0.25, -0.2) is 0 Å². The highest BCUT2D eigenvalue weighted by molar-refractivity contribution is 5.39. The van der Waals surface area contributed by atoms with Gasteiger partial charge in [0.2, 0.25) is 6.40 Å². The van der Waals surface area contributed by atoms with Crippen molar-refractivity contribution in [2.75, 3.05) is 0 Å². The number of hydrogen-bond acceptors (Lipinski definition) is 3. The number of quaternary nitrogens is 1. The Kier molecular flexibility index (Phi) is 2.91. The van der Waals surface area contributed by atoms with Crippen molar-refractivity contribution in [1.82, 2.24) is 0 Å². The maximum Gasteiger partial charge on any atom is 0.238 e. The molecule has 1 unspecified atom stereocenters. The van der Waals surface area contributed by atoms with Gasteiger partial charge < -0.3 is 5.21 Å². The monoisotopic (exact) mass is 102 g/mol. The second-order valence-electron chi connectivity index (χ2n) is 0.759. The van der Waals surface area contributed by atoms with Crippen LogP contribution < -0.4 is 5.23 Å². The summed E-state index contributed by atoms with van der Waals surface area (Å²) >= 11 is 0. The minimum absolute atomic E-state index is 0.560. The third-order valence-electron chi connectivity index (χ3n) is 0.342. The van der Waals surface area contributed by atoms with Crippen LogP contribution in [0.3, 0.4) is 0 Å². The molecule has 0 amide bonds. The van der Waals surface area contributed by atoms with E-state index >= 15 is 0 Å². The smallest absolute Gasteiger partial charge is 0.238 e. The lowest BCUT2D eigenvalue weighted by Crippen LogP contribution is -3.00. The Hall–Kier alpha value is -0.870. The van der Waals surface area contributed by atoms with E-state index in [1.807, 2.05) is 0 Å². The summed E-state index contributed by atoms with van der Waals surface area (Å²) in [5, 5.41) is 15.5. The average molecular weight is 102 g/mol. The largest absolute Gasteiger partial charge is 0.586 e. The molecule has 1 atom stereocenters. The molecule has 40 valence electrons. The first-order chi connectivity index (χ1) is 3.31. The van der Waals surface area contributed by atoms with Crippen LogP contribution in [-0.2, 0) is 4.84 Å². The van der Waals surface area contributed by atoms with E-state index in [1.165, 1.54) is 0 Å². The van der Waals surface area contributed by atoms with E-state index in [0.29, 0.717) is 6.40 Å². The van der Waals surface area contributed by atoms with E-state index in [4.69, 9.17) is 5.41 Å². The SMILES string of the molecule is C=C[NH+]([O-])OC=N. The summed E-state index contributed by atoms with van der Waals surface area (Å²) in [6.45, 7) is 3.10. The van der Waals surface area contributed by atoms with Crippen LogP contribution in [0.2, 0.25) is 0 Å². The van der Waals surface area contributed by atoms with Crippen molar-refractivity contribution in [3.8, 4) is 0 Å². The van der Waals surface area contributed by atoms with Crippen molar-refractivity contribution in [3.05, 3.63) is 18.0 Å². The lowest BCUT2D eigenvalue weighted by molar-refractivity contribution is -0.984. The Morgan fingerprint density at radius 1 is 1.86 bits per heavy atom. The van der Waals surface area contributed by atoms with Crippen molar-refractivity contribution in [2.45, 2.75) is 0 Å². The first-order valence-corrected chi connectivity index (χ1v) is 1.63. The van der Waals surface area contributed by atoms with Crippen molar-refractivity contribution in [3.63, 3.8) is 0 Å². The topological polar surface area (TPSA) is 60.6 Å². The van der Waals surface area contributed by atoms with Gasteiger partial charge in [0.1, 0.15) is 6.20 Å². The molecule has 0 radical (unpaired) electrons. The van der Waals surface area contributed by atoms with Crippen LogP contribution in [0, 0.1) is 10.6 Å². The predicted molar refractivity (Wildman–Crippen MR) is 24.4 cm³/mol. The van der Waals surface area contributed by atoms with Gasteiger partial charge in [-0.15, -0.1) is 0 Å². The molecule has 0 aromatic heterocycles. The summed E-state index contributed by atoms with van der Waals surface area (Å²) in [7, 11) is 0. The number of rotatable bonds is 3. The first-order valence-electron chi connectivity index (χ1n) is 1.63. The first kappa shape index (κ1) is 6.13. The van der Waals surface area contributed by atoms with Gasteiger partial charge in [-0.2, -0.15) is 5.23 Å². The maximum atomic E-state index is 9.92. The van der Waals surface area contributed by atoms with E-state index in [1.54, 1.807) is 0 Å². The number of hydrogen-bond donors (Lipinski definition) is 2. The summed E-state index contributed by atoms with van der Waals surface area (Å²) in [5.41, 5.74) is 0. The standard InChI is InChI=1S/C3H6N2O2/c1-2-5(6)7-3-4/h2-5H,1H2. The Morgan fingerprint density at radius 3 is 2.57 bits per heavy atom. The lowest BCUT2D eigenvalue weighted by atomic mass is 11.1. The Labute approximate surface area is 41.0 Å². The summed E-state index contributed by atoms with van der Waals surface area (Å²) in [4.78, 5) is 3.98. The quantitative estimate of drug-likeness (QED) is 0.274. The highest BCUT2D eigenvalue weighted by Crippen LogP contribution is 1.40. The fraction of sp³-hybridized carbons (Fsp3) is 0. The molecule has 0 rings (SSSR count). The second-order valence-corrected chi connectivity index (χ2v) is 0.759. The fourth-order valence-corrected chi connectivity index (χ4v) is 0.106. The molecule has 0 spiro atoms. The average Bonchev–Trinajstić information content (AvgIpc) is 1.68. The molecule has 4 nitrogen and oxygen atoms in total. The molecular weight excluding hydrogens is 96.0 g/mol. The van der Waals surface area contributed by atoms with Gasteiger partial charge in [-0.05, 0) is 6.58 Å². The lowest BCUT2D eigenvalue weighted by Gasteiger charge is -2.09. The van der Waals surface area contributed by atoms with Crippen LogP contribution in [-0.4, -0.2) is 6.40 Å². The van der Waals surface area contributed by atoms with E-state index in [2.05, 4.69) is 11.4 Å². The molecule has 0 bridgehead atoms. The molecule has 7 heavy (non-hydrogen) atoms. The summed E-state index contributed by atoms with van der Waals surface area (Å²) in [6.07, 6.45) is 1.55. The molecule has 0 saturated carbocycles. The van der Waals surface area contributed by atoms with Crippen molar-refractivity contribution in [2.24, 2.45) is 0 Å². The summed E-state index contributed by atoms with van der Waals surface area (Å²) in [5.74, 6) is 0. The third-order valence-corrected chi connectivity index (χ3v) is 0.342. The zero-order valence-corrected chi connectivity index (χ0v) is 3.68. The van der Waals surface area contributed by atoms with Gasteiger partial charge in [0.25, 0.3) is 0 Å². The molecule has 4 heteroatoms. The summed E-state index contributed by atoms with van der Waals surface area (Å²) < 4.78 is 0. The van der Waals surface area contributed by atoms with Crippen LogP contribution >= 0.6 is 0 Å². The predicted octanol–water partition coefficient (Wildman–Crippen LogP) is -0.949. The number of nitrogens with one attached hydrogen (secondary N) is 2. The van der Waals surface area contributed by atoms with E-state index in [-0.39, 0.29) is 0 Å². The Balaban J connectivity index is 3.15. The molecule has 0 aliphatic heterocycles. The highest BCUT2D eigenvalue weighted by atomic mass is 16.9. The van der Waals surface area contributed by atoms with E-state index in [9.17, 15) is 5.21 Å². The zero-order valence-electron chi connectivity index (χ0n) is 3.68. The number of hydroxylamine groups is 2.